The molecule has 0 aliphatic carbocycles. The minimum Gasteiger partial charge on any atom is -0.478 e. The summed E-state index contributed by atoms with van der Waals surface area (Å²) in [6, 6.07) is 4.48. The predicted octanol–water partition coefficient (Wildman–Crippen LogP) is 3.61. The topological polar surface area (TPSA) is 54.4 Å². The molecule has 0 saturated carbocycles. The van der Waals surface area contributed by atoms with Crippen molar-refractivity contribution in [3.63, 3.8) is 0 Å². The van der Waals surface area contributed by atoms with Crippen LogP contribution in [0.15, 0.2) is 30.4 Å². The fourth-order valence-electron chi connectivity index (χ4n) is 1.44. The van der Waals surface area contributed by atoms with Crippen LogP contribution >= 0.6 is 11.8 Å². The van der Waals surface area contributed by atoms with Crippen LogP contribution in [0.4, 0.5) is 4.39 Å². The first-order chi connectivity index (χ1) is 9.49. The zero-order valence-electron chi connectivity index (χ0n) is 11.0. The molecule has 0 saturated heterocycles. The molecular formula is C15H15FO3S. The highest BCUT2D eigenvalue weighted by Crippen LogP contribution is 2.14. The SMILES string of the molecule is CC(=O)SCCC=Cc1ccc(F)c(/C=C/C(=O)O)c1. The van der Waals surface area contributed by atoms with E-state index in [0.29, 0.717) is 5.75 Å². The predicted molar refractivity (Wildman–Crippen MR) is 79.9 cm³/mol. The molecule has 0 amide bonds. The number of thioether (sulfide) groups is 1. The number of carboxylic acids is 1. The van der Waals surface area contributed by atoms with Crippen LogP contribution < -0.4 is 0 Å². The van der Waals surface area contributed by atoms with Crippen LogP contribution in [0.25, 0.3) is 12.2 Å². The molecule has 0 aliphatic heterocycles. The molecule has 1 N–H and O–H groups in total. The van der Waals surface area contributed by atoms with Gasteiger partial charge < -0.3 is 5.11 Å². The molecule has 5 heteroatoms. The summed E-state index contributed by atoms with van der Waals surface area (Å²) < 4.78 is 13.4. The lowest BCUT2D eigenvalue weighted by molar-refractivity contribution is -0.131. The molecule has 106 valence electrons. The summed E-state index contributed by atoms with van der Waals surface area (Å²) in [6.45, 7) is 1.52. The summed E-state index contributed by atoms with van der Waals surface area (Å²) in [5.41, 5.74) is 1.01. The third kappa shape index (κ3) is 6.33. The molecule has 0 aromatic heterocycles. The van der Waals surface area contributed by atoms with Gasteiger partial charge in [0.15, 0.2) is 5.12 Å². The number of carbonyl (C=O) groups excluding carboxylic acids is 1. The van der Waals surface area contributed by atoms with Crippen molar-refractivity contribution >= 4 is 35.0 Å². The molecule has 1 aromatic carbocycles. The van der Waals surface area contributed by atoms with E-state index in [1.807, 2.05) is 12.2 Å². The largest absolute Gasteiger partial charge is 0.478 e. The standard InChI is InChI=1S/C15H15FO3S/c1-11(17)20-9-3-2-4-12-5-7-14(16)13(10-12)6-8-15(18)19/h2,4-8,10H,3,9H2,1H3,(H,18,19)/b4-2?,8-6+. The van der Waals surface area contributed by atoms with Gasteiger partial charge in [-0.25, -0.2) is 9.18 Å². The van der Waals surface area contributed by atoms with Crippen LogP contribution in [0.1, 0.15) is 24.5 Å². The van der Waals surface area contributed by atoms with Gasteiger partial charge in [0.1, 0.15) is 5.82 Å². The van der Waals surface area contributed by atoms with Crippen molar-refractivity contribution in [2.75, 3.05) is 5.75 Å². The molecule has 1 rings (SSSR count). The Morgan fingerprint density at radius 1 is 1.35 bits per heavy atom. The number of hydrogen-bond acceptors (Lipinski definition) is 3. The van der Waals surface area contributed by atoms with E-state index in [-0.39, 0.29) is 10.7 Å². The summed E-state index contributed by atoms with van der Waals surface area (Å²) >= 11 is 1.26. The Morgan fingerprint density at radius 3 is 2.75 bits per heavy atom. The van der Waals surface area contributed by atoms with Crippen LogP contribution in [0.5, 0.6) is 0 Å². The second-order valence-corrected chi connectivity index (χ2v) is 5.26. The van der Waals surface area contributed by atoms with Crippen molar-refractivity contribution in [1.29, 1.82) is 0 Å². The highest BCUT2D eigenvalue weighted by atomic mass is 32.2. The van der Waals surface area contributed by atoms with Crippen molar-refractivity contribution in [1.82, 2.24) is 0 Å². The molecule has 20 heavy (non-hydrogen) atoms. The van der Waals surface area contributed by atoms with E-state index < -0.39 is 11.8 Å². The van der Waals surface area contributed by atoms with E-state index in [0.717, 1.165) is 18.1 Å². The van der Waals surface area contributed by atoms with E-state index in [2.05, 4.69) is 0 Å². The first kappa shape index (κ1) is 16.2. The molecule has 0 atom stereocenters. The van der Waals surface area contributed by atoms with Gasteiger partial charge in [-0.2, -0.15) is 0 Å². The van der Waals surface area contributed by atoms with Gasteiger partial charge in [-0.05, 0) is 30.2 Å². The van der Waals surface area contributed by atoms with Crippen LogP contribution in [0.3, 0.4) is 0 Å². The lowest BCUT2D eigenvalue weighted by Crippen LogP contribution is -1.88. The third-order valence-corrected chi connectivity index (χ3v) is 3.17. The van der Waals surface area contributed by atoms with Crippen LogP contribution in [-0.4, -0.2) is 21.9 Å². The smallest absolute Gasteiger partial charge is 0.328 e. The minimum absolute atomic E-state index is 0.0845. The lowest BCUT2D eigenvalue weighted by atomic mass is 10.1. The maximum absolute atomic E-state index is 13.4. The fourth-order valence-corrected chi connectivity index (χ4v) is 1.99. The van der Waals surface area contributed by atoms with Gasteiger partial charge in [-0.3, -0.25) is 4.79 Å². The molecule has 0 aliphatic rings. The Morgan fingerprint density at radius 2 is 2.10 bits per heavy atom. The quantitative estimate of drug-likeness (QED) is 0.643. The maximum Gasteiger partial charge on any atom is 0.328 e. The van der Waals surface area contributed by atoms with Crippen molar-refractivity contribution in [2.45, 2.75) is 13.3 Å². The van der Waals surface area contributed by atoms with E-state index in [1.165, 1.54) is 30.8 Å². The van der Waals surface area contributed by atoms with Gasteiger partial charge in [0.05, 0.1) is 0 Å². The first-order valence-electron chi connectivity index (χ1n) is 5.99. The van der Waals surface area contributed by atoms with Gasteiger partial charge in [-0.15, -0.1) is 0 Å². The summed E-state index contributed by atoms with van der Waals surface area (Å²) in [4.78, 5) is 21.1. The monoisotopic (exact) mass is 294 g/mol. The molecule has 0 unspecified atom stereocenters. The lowest BCUT2D eigenvalue weighted by Gasteiger charge is -1.99. The Labute approximate surface area is 121 Å². The zero-order valence-corrected chi connectivity index (χ0v) is 11.8. The van der Waals surface area contributed by atoms with Crippen molar-refractivity contribution in [2.24, 2.45) is 0 Å². The summed E-state index contributed by atoms with van der Waals surface area (Å²) in [6.07, 6.45) is 6.57. The normalized spacial score (nSPS) is 11.3. The van der Waals surface area contributed by atoms with Crippen molar-refractivity contribution in [3.8, 4) is 0 Å². The molecule has 3 nitrogen and oxygen atoms in total. The maximum atomic E-state index is 13.4. The summed E-state index contributed by atoms with van der Waals surface area (Å²) in [7, 11) is 0. The number of allylic oxidation sites excluding steroid dienone is 1. The van der Waals surface area contributed by atoms with Gasteiger partial charge in [0.25, 0.3) is 0 Å². The number of hydrogen-bond donors (Lipinski definition) is 1. The zero-order chi connectivity index (χ0) is 15.0. The van der Waals surface area contributed by atoms with E-state index in [1.54, 1.807) is 12.1 Å². The number of aliphatic carboxylic acids is 1. The number of rotatable bonds is 6. The molecule has 0 fully saturated rings. The number of benzene rings is 1. The van der Waals surface area contributed by atoms with Crippen LogP contribution in [0, 0.1) is 5.82 Å². The Kier molecular flexibility index (Phi) is 6.73. The van der Waals surface area contributed by atoms with Gasteiger partial charge in [0.2, 0.25) is 0 Å². The van der Waals surface area contributed by atoms with Crippen molar-refractivity contribution in [3.05, 3.63) is 47.3 Å². The number of halogens is 1. The van der Waals surface area contributed by atoms with E-state index in [4.69, 9.17) is 5.11 Å². The van der Waals surface area contributed by atoms with Crippen LogP contribution in [0.2, 0.25) is 0 Å². The molecule has 0 spiro atoms. The Hall–Kier alpha value is -1.88. The Balaban J connectivity index is 2.67. The number of carbonyl (C=O) groups is 2. The third-order valence-electron chi connectivity index (χ3n) is 2.33. The van der Waals surface area contributed by atoms with Gasteiger partial charge in [0, 0.05) is 24.3 Å². The molecule has 0 radical (unpaired) electrons. The van der Waals surface area contributed by atoms with Crippen molar-refractivity contribution < 1.29 is 19.1 Å². The minimum atomic E-state index is -1.12. The number of carboxylic acid groups (broad SMARTS) is 1. The van der Waals surface area contributed by atoms with Gasteiger partial charge in [-0.1, -0.05) is 30.0 Å². The van der Waals surface area contributed by atoms with E-state index >= 15 is 0 Å². The van der Waals surface area contributed by atoms with Crippen LogP contribution in [-0.2, 0) is 9.59 Å². The second-order valence-electron chi connectivity index (χ2n) is 3.98. The van der Waals surface area contributed by atoms with Gasteiger partial charge >= 0.3 is 5.97 Å². The summed E-state index contributed by atoms with van der Waals surface area (Å²) in [5, 5.41) is 8.61. The molecule has 0 bridgehead atoms. The highest BCUT2D eigenvalue weighted by Gasteiger charge is 2.00. The fraction of sp³-hybridized carbons (Fsp3) is 0.200. The average Bonchev–Trinajstić information content (AvgIpc) is 2.38. The first-order valence-corrected chi connectivity index (χ1v) is 6.98. The molecule has 0 heterocycles. The summed E-state index contributed by atoms with van der Waals surface area (Å²) in [5.74, 6) is -0.878. The van der Waals surface area contributed by atoms with E-state index in [9.17, 15) is 14.0 Å². The highest BCUT2D eigenvalue weighted by molar-refractivity contribution is 8.13. The molecular weight excluding hydrogens is 279 g/mol. The average molecular weight is 294 g/mol. The Bertz CT molecular complexity index is 550. The molecule has 1 aromatic rings. The second kappa shape index (κ2) is 8.32.